The molecule has 1 aromatic carbocycles. The van der Waals surface area contributed by atoms with Crippen LogP contribution in [0.2, 0.25) is 0 Å². The smallest absolute Gasteiger partial charge is 0.0610 e. The van der Waals surface area contributed by atoms with E-state index in [4.69, 9.17) is 11.6 Å². The first-order valence-electron chi connectivity index (χ1n) is 6.30. The summed E-state index contributed by atoms with van der Waals surface area (Å²) in [6.45, 7) is 6.81. The van der Waals surface area contributed by atoms with Gasteiger partial charge in [-0.25, -0.2) is 0 Å². The van der Waals surface area contributed by atoms with Crippen LogP contribution in [0.5, 0.6) is 0 Å². The van der Waals surface area contributed by atoms with Crippen LogP contribution in [0.3, 0.4) is 0 Å². The lowest BCUT2D eigenvalue weighted by molar-refractivity contribution is 0.448. The second-order valence-electron chi connectivity index (χ2n) is 5.11. The van der Waals surface area contributed by atoms with E-state index >= 15 is 0 Å². The van der Waals surface area contributed by atoms with Crippen LogP contribution in [0.4, 0.5) is 0 Å². The van der Waals surface area contributed by atoms with Gasteiger partial charge in [0.15, 0.2) is 0 Å². The van der Waals surface area contributed by atoms with Crippen LogP contribution in [0.25, 0.3) is 0 Å². The Balaban J connectivity index is 2.39. The molecule has 0 saturated carbocycles. The zero-order valence-corrected chi connectivity index (χ0v) is 11.4. The Morgan fingerprint density at radius 1 is 1.00 bits per heavy atom. The van der Waals surface area contributed by atoms with E-state index in [1.54, 1.807) is 0 Å². The van der Waals surface area contributed by atoms with Crippen molar-refractivity contribution < 1.29 is 0 Å². The molecular formula is C15H23Cl. The first-order valence-corrected chi connectivity index (χ1v) is 6.74. The minimum atomic E-state index is 0.161. The maximum absolute atomic E-state index is 6.47. The fourth-order valence-corrected chi connectivity index (χ4v) is 2.23. The van der Waals surface area contributed by atoms with E-state index in [1.165, 1.54) is 24.8 Å². The van der Waals surface area contributed by atoms with Gasteiger partial charge in [0.25, 0.3) is 0 Å². The Hall–Kier alpha value is -0.490. The van der Waals surface area contributed by atoms with Gasteiger partial charge in [-0.15, -0.1) is 11.6 Å². The lowest BCUT2D eigenvalue weighted by atomic mass is 9.93. The number of benzene rings is 1. The van der Waals surface area contributed by atoms with Crippen molar-refractivity contribution in [1.29, 1.82) is 0 Å². The van der Waals surface area contributed by atoms with E-state index in [2.05, 4.69) is 45.0 Å². The van der Waals surface area contributed by atoms with Gasteiger partial charge in [0.2, 0.25) is 0 Å². The molecule has 0 nitrogen and oxygen atoms in total. The molecule has 0 bridgehead atoms. The van der Waals surface area contributed by atoms with Crippen LogP contribution in [0, 0.1) is 11.8 Å². The van der Waals surface area contributed by atoms with Crippen molar-refractivity contribution in [1.82, 2.24) is 0 Å². The largest absolute Gasteiger partial charge is 0.118 e. The van der Waals surface area contributed by atoms with Gasteiger partial charge < -0.3 is 0 Å². The van der Waals surface area contributed by atoms with Gasteiger partial charge in [-0.05, 0) is 23.8 Å². The monoisotopic (exact) mass is 238 g/mol. The van der Waals surface area contributed by atoms with Gasteiger partial charge in [-0.2, -0.15) is 0 Å². The average Bonchev–Trinajstić information content (AvgIpc) is 2.28. The number of halogens is 1. The van der Waals surface area contributed by atoms with E-state index in [1.807, 2.05) is 6.07 Å². The summed E-state index contributed by atoms with van der Waals surface area (Å²) < 4.78 is 0. The van der Waals surface area contributed by atoms with Crippen molar-refractivity contribution in [2.45, 2.75) is 45.4 Å². The third-order valence-electron chi connectivity index (χ3n) is 3.06. The molecule has 2 atom stereocenters. The summed E-state index contributed by atoms with van der Waals surface area (Å²) in [5.74, 6) is 1.36. The van der Waals surface area contributed by atoms with Gasteiger partial charge >= 0.3 is 0 Å². The predicted octanol–water partition coefficient (Wildman–Crippen LogP) is 5.43. The summed E-state index contributed by atoms with van der Waals surface area (Å²) in [5, 5.41) is 0.161. The van der Waals surface area contributed by atoms with Gasteiger partial charge in [-0.1, -0.05) is 63.9 Å². The summed E-state index contributed by atoms with van der Waals surface area (Å²) in [6, 6.07) is 10.4. The van der Waals surface area contributed by atoms with Crippen LogP contribution in [0.1, 0.15) is 51.0 Å². The second-order valence-corrected chi connectivity index (χ2v) is 5.58. The molecule has 90 valence electrons. The van der Waals surface area contributed by atoms with Crippen molar-refractivity contribution in [2.24, 2.45) is 11.8 Å². The molecule has 0 heterocycles. The number of hydrogen-bond donors (Lipinski definition) is 0. The Morgan fingerprint density at radius 3 is 2.19 bits per heavy atom. The number of alkyl halides is 1. The zero-order valence-electron chi connectivity index (χ0n) is 10.6. The van der Waals surface area contributed by atoms with E-state index in [-0.39, 0.29) is 5.38 Å². The highest BCUT2D eigenvalue weighted by Crippen LogP contribution is 2.32. The normalized spacial score (nSPS) is 15.1. The molecule has 0 N–H and O–H groups in total. The standard InChI is InChI=1S/C15H23Cl/c1-12(2)8-7-9-13(3)15(16)14-10-5-4-6-11-14/h4-6,10-13,15H,7-9H2,1-3H3. The fourth-order valence-electron chi connectivity index (χ4n) is 1.96. The van der Waals surface area contributed by atoms with Crippen molar-refractivity contribution in [3.63, 3.8) is 0 Å². The second kappa shape index (κ2) is 6.96. The summed E-state index contributed by atoms with van der Waals surface area (Å²) in [7, 11) is 0. The molecule has 2 unspecified atom stereocenters. The first kappa shape index (κ1) is 13.6. The molecule has 0 saturated heterocycles. The molecule has 0 aliphatic heterocycles. The molecule has 0 aliphatic carbocycles. The van der Waals surface area contributed by atoms with E-state index < -0.39 is 0 Å². The summed E-state index contributed by atoms with van der Waals surface area (Å²) in [5.41, 5.74) is 1.25. The highest BCUT2D eigenvalue weighted by atomic mass is 35.5. The van der Waals surface area contributed by atoms with Crippen LogP contribution in [0.15, 0.2) is 30.3 Å². The Kier molecular flexibility index (Phi) is 5.90. The quantitative estimate of drug-likeness (QED) is 0.580. The maximum Gasteiger partial charge on any atom is 0.0610 e. The Morgan fingerprint density at radius 2 is 1.62 bits per heavy atom. The van der Waals surface area contributed by atoms with Crippen LogP contribution in [-0.4, -0.2) is 0 Å². The maximum atomic E-state index is 6.47. The Bertz CT molecular complexity index is 279. The Labute approximate surface area is 105 Å². The molecule has 0 aromatic heterocycles. The summed E-state index contributed by atoms with van der Waals surface area (Å²) in [6.07, 6.45) is 3.82. The highest BCUT2D eigenvalue weighted by Gasteiger charge is 2.15. The third-order valence-corrected chi connectivity index (χ3v) is 3.74. The molecule has 1 rings (SSSR count). The molecule has 0 fully saturated rings. The first-order chi connectivity index (χ1) is 7.61. The summed E-state index contributed by atoms with van der Waals surface area (Å²) >= 11 is 6.47. The highest BCUT2D eigenvalue weighted by molar-refractivity contribution is 6.20. The number of rotatable bonds is 6. The van der Waals surface area contributed by atoms with Crippen LogP contribution in [-0.2, 0) is 0 Å². The fraction of sp³-hybridized carbons (Fsp3) is 0.600. The third kappa shape index (κ3) is 4.57. The van der Waals surface area contributed by atoms with E-state index in [9.17, 15) is 0 Å². The van der Waals surface area contributed by atoms with Crippen molar-refractivity contribution in [2.75, 3.05) is 0 Å². The van der Waals surface area contributed by atoms with Gasteiger partial charge in [0.1, 0.15) is 0 Å². The van der Waals surface area contributed by atoms with Gasteiger partial charge in [0, 0.05) is 0 Å². The molecule has 0 spiro atoms. The molecule has 0 amide bonds. The molecule has 16 heavy (non-hydrogen) atoms. The molecule has 0 aliphatic rings. The van der Waals surface area contributed by atoms with Crippen LogP contribution >= 0.6 is 11.6 Å². The zero-order chi connectivity index (χ0) is 12.0. The van der Waals surface area contributed by atoms with Crippen molar-refractivity contribution >= 4 is 11.6 Å². The molecule has 1 heteroatoms. The van der Waals surface area contributed by atoms with E-state index in [0.29, 0.717) is 5.92 Å². The molecule has 0 radical (unpaired) electrons. The average molecular weight is 239 g/mol. The SMILES string of the molecule is CC(C)CCCC(C)C(Cl)c1ccccc1. The lowest BCUT2D eigenvalue weighted by Gasteiger charge is -2.18. The number of hydrogen-bond acceptors (Lipinski definition) is 0. The minimum Gasteiger partial charge on any atom is -0.118 e. The predicted molar refractivity (Wildman–Crippen MR) is 72.9 cm³/mol. The van der Waals surface area contributed by atoms with Gasteiger partial charge in [-0.3, -0.25) is 0 Å². The van der Waals surface area contributed by atoms with Crippen LogP contribution < -0.4 is 0 Å². The van der Waals surface area contributed by atoms with Crippen molar-refractivity contribution in [3.05, 3.63) is 35.9 Å². The molecular weight excluding hydrogens is 216 g/mol. The van der Waals surface area contributed by atoms with E-state index in [0.717, 1.165) is 5.92 Å². The van der Waals surface area contributed by atoms with Gasteiger partial charge in [0.05, 0.1) is 5.38 Å². The van der Waals surface area contributed by atoms with Crippen molar-refractivity contribution in [3.8, 4) is 0 Å². The minimum absolute atomic E-state index is 0.161. The lowest BCUT2D eigenvalue weighted by Crippen LogP contribution is -2.04. The molecule has 1 aromatic rings. The topological polar surface area (TPSA) is 0 Å². The summed E-state index contributed by atoms with van der Waals surface area (Å²) in [4.78, 5) is 0.